The smallest absolute Gasteiger partial charge is 0.361 e. The fourth-order valence-corrected chi connectivity index (χ4v) is 5.59. The Labute approximate surface area is 206 Å². The molecular weight excluding hydrogens is 491 g/mol. The molecule has 4 aromatic rings. The molecule has 1 atom stereocenters. The lowest BCUT2D eigenvalue weighted by Crippen LogP contribution is -2.47. The molecular formula is C25H24F3N5O2S. The SMILES string of the molecule is O=S(=O)(N1Cc2ccccc2N(Cc2cc3nc[nH]c3cn2)C(CCc2ccccc2)C1)C(F)(F)F. The van der Waals surface area contributed by atoms with E-state index in [0.717, 1.165) is 16.6 Å². The number of para-hydroxylation sites is 1. The van der Waals surface area contributed by atoms with E-state index < -0.39 is 21.6 Å². The van der Waals surface area contributed by atoms with Crippen molar-refractivity contribution >= 4 is 26.7 Å². The summed E-state index contributed by atoms with van der Waals surface area (Å²) in [5.74, 6) is 0. The zero-order valence-electron chi connectivity index (χ0n) is 19.2. The second-order valence-electron chi connectivity index (χ2n) is 8.77. The number of benzene rings is 2. The maximum atomic E-state index is 13.6. The third-order valence-corrected chi connectivity index (χ3v) is 7.98. The van der Waals surface area contributed by atoms with Crippen LogP contribution in [0.15, 0.2) is 73.2 Å². The molecule has 0 saturated carbocycles. The maximum Gasteiger partial charge on any atom is 0.511 e. The van der Waals surface area contributed by atoms with Crippen LogP contribution in [0.25, 0.3) is 11.0 Å². The fourth-order valence-electron chi connectivity index (χ4n) is 4.62. The minimum absolute atomic E-state index is 0.291. The van der Waals surface area contributed by atoms with Gasteiger partial charge in [0, 0.05) is 24.8 Å². The number of nitrogens with zero attached hydrogens (tertiary/aromatic N) is 4. The molecule has 1 aliphatic heterocycles. The first-order valence-electron chi connectivity index (χ1n) is 11.5. The van der Waals surface area contributed by atoms with E-state index in [2.05, 4.69) is 15.0 Å². The molecule has 0 saturated heterocycles. The van der Waals surface area contributed by atoms with Crippen molar-refractivity contribution in [3.63, 3.8) is 0 Å². The predicted molar refractivity (Wildman–Crippen MR) is 130 cm³/mol. The third kappa shape index (κ3) is 4.80. The highest BCUT2D eigenvalue weighted by atomic mass is 32.2. The number of hydrogen-bond acceptors (Lipinski definition) is 5. The van der Waals surface area contributed by atoms with E-state index in [1.807, 2.05) is 47.4 Å². The summed E-state index contributed by atoms with van der Waals surface area (Å²) in [6.45, 7) is -0.366. The van der Waals surface area contributed by atoms with E-state index in [1.165, 1.54) is 0 Å². The number of alkyl halides is 3. The average Bonchev–Trinajstić information content (AvgIpc) is 3.26. The molecule has 1 aliphatic rings. The highest BCUT2D eigenvalue weighted by Gasteiger charge is 2.51. The second kappa shape index (κ2) is 9.55. The van der Waals surface area contributed by atoms with Gasteiger partial charge in [0.1, 0.15) is 0 Å². The van der Waals surface area contributed by atoms with Crippen LogP contribution in [0, 0.1) is 0 Å². The number of H-pyrrole nitrogens is 1. The van der Waals surface area contributed by atoms with Crippen LogP contribution in [0.2, 0.25) is 0 Å². The van der Waals surface area contributed by atoms with Gasteiger partial charge in [-0.05, 0) is 36.1 Å². The number of halogens is 3. The van der Waals surface area contributed by atoms with Crippen LogP contribution in [0.5, 0.6) is 0 Å². The lowest BCUT2D eigenvalue weighted by Gasteiger charge is -2.34. The Bertz CT molecular complexity index is 1460. The van der Waals surface area contributed by atoms with Gasteiger partial charge in [-0.25, -0.2) is 13.4 Å². The van der Waals surface area contributed by atoms with E-state index >= 15 is 0 Å². The summed E-state index contributed by atoms with van der Waals surface area (Å²) in [4.78, 5) is 13.8. The van der Waals surface area contributed by atoms with Crippen LogP contribution in [0.4, 0.5) is 18.9 Å². The quantitative estimate of drug-likeness (QED) is 0.405. The van der Waals surface area contributed by atoms with E-state index in [4.69, 9.17) is 0 Å². The Hall–Kier alpha value is -3.44. The second-order valence-corrected chi connectivity index (χ2v) is 10.7. The summed E-state index contributed by atoms with van der Waals surface area (Å²) >= 11 is 0. The first-order valence-corrected chi connectivity index (χ1v) is 12.9. The monoisotopic (exact) mass is 515 g/mol. The molecule has 1 unspecified atom stereocenters. The lowest BCUT2D eigenvalue weighted by molar-refractivity contribution is -0.0492. The average molecular weight is 516 g/mol. The number of imidazole rings is 1. The van der Waals surface area contributed by atoms with Gasteiger partial charge < -0.3 is 9.88 Å². The summed E-state index contributed by atoms with van der Waals surface area (Å²) in [7, 11) is -5.52. The molecule has 0 radical (unpaired) electrons. The molecule has 0 fully saturated rings. The van der Waals surface area contributed by atoms with Crippen LogP contribution >= 0.6 is 0 Å². The molecule has 11 heteroatoms. The summed E-state index contributed by atoms with van der Waals surface area (Å²) in [6.07, 6.45) is 4.27. The highest BCUT2D eigenvalue weighted by Crippen LogP contribution is 2.35. The normalized spacial score (nSPS) is 17.2. The molecule has 0 aliphatic carbocycles. The largest absolute Gasteiger partial charge is 0.511 e. The van der Waals surface area contributed by atoms with Gasteiger partial charge in [0.2, 0.25) is 0 Å². The van der Waals surface area contributed by atoms with Crippen molar-refractivity contribution in [1.29, 1.82) is 0 Å². The minimum atomic E-state index is -5.52. The topological polar surface area (TPSA) is 82.2 Å². The molecule has 0 spiro atoms. The lowest BCUT2D eigenvalue weighted by atomic mass is 10.0. The van der Waals surface area contributed by atoms with E-state index in [0.29, 0.717) is 40.6 Å². The van der Waals surface area contributed by atoms with Gasteiger partial charge in [-0.2, -0.15) is 17.5 Å². The summed E-state index contributed by atoms with van der Waals surface area (Å²) in [5, 5.41) is 0. The molecule has 3 heterocycles. The number of anilines is 1. The van der Waals surface area contributed by atoms with Crippen LogP contribution < -0.4 is 4.90 Å². The Morgan fingerprint density at radius 2 is 1.78 bits per heavy atom. The summed E-state index contributed by atoms with van der Waals surface area (Å²) in [5.41, 5.74) is -0.971. The molecule has 0 bridgehead atoms. The van der Waals surface area contributed by atoms with Gasteiger partial charge in [0.05, 0.1) is 35.8 Å². The summed E-state index contributed by atoms with van der Waals surface area (Å²) in [6, 6.07) is 17.9. The molecule has 0 amide bonds. The molecule has 36 heavy (non-hydrogen) atoms. The van der Waals surface area contributed by atoms with Crippen molar-refractivity contribution in [3.8, 4) is 0 Å². The predicted octanol–water partition coefficient (Wildman–Crippen LogP) is 4.63. The first kappa shape index (κ1) is 24.3. The third-order valence-electron chi connectivity index (χ3n) is 6.44. The standard InChI is InChI=1S/C25H24F3N5O2S/c26-25(27,28)36(34,35)32-14-19-8-4-5-9-24(19)33(15-20-12-22-23(13-29-20)31-17-30-22)21(16-32)11-10-18-6-2-1-3-7-18/h1-9,12-13,17,21H,10-11,14-16H2,(H,30,31). The molecule has 2 aromatic carbocycles. The van der Waals surface area contributed by atoms with Crippen molar-refractivity contribution in [1.82, 2.24) is 19.3 Å². The zero-order chi connectivity index (χ0) is 25.3. The number of sulfonamides is 1. The minimum Gasteiger partial charge on any atom is -0.361 e. The maximum absolute atomic E-state index is 13.6. The van der Waals surface area contributed by atoms with Crippen LogP contribution in [-0.4, -0.2) is 45.8 Å². The molecule has 5 rings (SSSR count). The van der Waals surface area contributed by atoms with Gasteiger partial charge in [-0.3, -0.25) is 4.98 Å². The van der Waals surface area contributed by atoms with E-state index in [9.17, 15) is 21.6 Å². The number of pyridine rings is 1. The number of hydrogen-bond donors (Lipinski definition) is 1. The van der Waals surface area contributed by atoms with Crippen LogP contribution in [0.1, 0.15) is 23.2 Å². The number of nitrogens with one attached hydrogen (secondary N) is 1. The van der Waals surface area contributed by atoms with E-state index in [-0.39, 0.29) is 13.1 Å². The van der Waals surface area contributed by atoms with Gasteiger partial charge in [0.15, 0.2) is 0 Å². The van der Waals surface area contributed by atoms with Crippen molar-refractivity contribution in [2.75, 3.05) is 11.4 Å². The van der Waals surface area contributed by atoms with Gasteiger partial charge >= 0.3 is 15.5 Å². The van der Waals surface area contributed by atoms with Crippen molar-refractivity contribution in [3.05, 3.63) is 90.0 Å². The highest BCUT2D eigenvalue weighted by molar-refractivity contribution is 7.89. The van der Waals surface area contributed by atoms with Gasteiger partial charge in [-0.15, -0.1) is 0 Å². The number of aromatic amines is 1. The number of aromatic nitrogens is 3. The van der Waals surface area contributed by atoms with Gasteiger partial charge in [-0.1, -0.05) is 48.5 Å². The zero-order valence-corrected chi connectivity index (χ0v) is 20.0. The number of fused-ring (bicyclic) bond motifs is 2. The first-order chi connectivity index (χ1) is 17.2. The Morgan fingerprint density at radius 3 is 2.56 bits per heavy atom. The Kier molecular flexibility index (Phi) is 6.44. The Balaban J connectivity index is 1.55. The van der Waals surface area contributed by atoms with Crippen molar-refractivity contribution in [2.45, 2.75) is 37.5 Å². The van der Waals surface area contributed by atoms with Crippen molar-refractivity contribution in [2.24, 2.45) is 0 Å². The van der Waals surface area contributed by atoms with Gasteiger partial charge in [0.25, 0.3) is 0 Å². The fraction of sp³-hybridized carbons (Fsp3) is 0.280. The molecule has 1 N–H and O–H groups in total. The summed E-state index contributed by atoms with van der Waals surface area (Å²) < 4.78 is 66.4. The van der Waals surface area contributed by atoms with Crippen LogP contribution in [-0.2, 0) is 29.5 Å². The van der Waals surface area contributed by atoms with Crippen molar-refractivity contribution < 1.29 is 21.6 Å². The Morgan fingerprint density at radius 1 is 1.03 bits per heavy atom. The van der Waals surface area contributed by atoms with E-state index in [1.54, 1.807) is 30.7 Å². The number of rotatable bonds is 6. The molecule has 2 aromatic heterocycles. The van der Waals surface area contributed by atoms with Crippen LogP contribution in [0.3, 0.4) is 0 Å². The number of aryl methyl sites for hydroxylation is 1. The molecule has 7 nitrogen and oxygen atoms in total. The molecule has 188 valence electrons.